The fourth-order valence-electron chi connectivity index (χ4n) is 3.02. The average molecular weight is 497 g/mol. The number of fused-ring (bicyclic) bond motifs is 1. The lowest BCUT2D eigenvalue weighted by molar-refractivity contribution is 0.0950. The van der Waals surface area contributed by atoms with Crippen molar-refractivity contribution in [1.29, 1.82) is 0 Å². The average Bonchev–Trinajstić information content (AvgIpc) is 2.76. The molecule has 0 aliphatic carbocycles. The molecule has 0 atom stereocenters. The van der Waals surface area contributed by atoms with Gasteiger partial charge in [0, 0.05) is 11.9 Å². The molecule has 0 saturated heterocycles. The Balaban J connectivity index is 2.45. The fourth-order valence-corrected chi connectivity index (χ4v) is 3.39. The van der Waals surface area contributed by atoms with Gasteiger partial charge in [0.2, 0.25) is 0 Å². The van der Waals surface area contributed by atoms with Crippen molar-refractivity contribution in [3.63, 3.8) is 0 Å². The molecule has 0 spiro atoms. The number of hydrogen-bond acceptors (Lipinski definition) is 8. The summed E-state index contributed by atoms with van der Waals surface area (Å²) in [6.45, 7) is 6.04. The maximum absolute atomic E-state index is 12.7. The van der Waals surface area contributed by atoms with Gasteiger partial charge >= 0.3 is 6.09 Å². The highest BCUT2D eigenvalue weighted by atomic mass is 32.2. The van der Waals surface area contributed by atoms with E-state index < -0.39 is 22.1 Å². The first-order valence-electron chi connectivity index (χ1n) is 11.0. The van der Waals surface area contributed by atoms with Crippen LogP contribution in [0.2, 0.25) is 0 Å². The second kappa shape index (κ2) is 12.4. The lowest BCUT2D eigenvalue weighted by Gasteiger charge is -2.17. The Morgan fingerprint density at radius 2 is 1.91 bits per heavy atom. The van der Waals surface area contributed by atoms with Crippen LogP contribution < -0.4 is 15.4 Å². The number of rotatable bonds is 12. The number of carbonyl (C=O) groups excluding carboxylic acids is 2. The summed E-state index contributed by atoms with van der Waals surface area (Å²) in [5, 5.41) is 16.8. The predicted molar refractivity (Wildman–Crippen MR) is 129 cm³/mol. The zero-order valence-electron chi connectivity index (χ0n) is 19.8. The van der Waals surface area contributed by atoms with Crippen molar-refractivity contribution in [2.45, 2.75) is 33.6 Å². The molecule has 0 radical (unpaired) electrons. The largest absolute Gasteiger partial charge is 0.506 e. The van der Waals surface area contributed by atoms with E-state index in [2.05, 4.69) is 10.6 Å². The van der Waals surface area contributed by atoms with Gasteiger partial charge in [-0.3, -0.25) is 14.3 Å². The number of nitrogens with one attached hydrogen (secondary N) is 2. The number of benzene rings is 2. The Kier molecular flexibility index (Phi) is 9.94. The Bertz CT molecular complexity index is 1120. The number of unbranched alkanes of at least 4 members (excludes halogenated alkanes) is 1. The number of carbonyl (C=O) groups is 2. The topological polar surface area (TPSA) is 140 Å². The van der Waals surface area contributed by atoms with E-state index in [1.165, 1.54) is 6.07 Å². The number of phenols is 1. The van der Waals surface area contributed by atoms with Gasteiger partial charge in [0.1, 0.15) is 24.7 Å². The van der Waals surface area contributed by atoms with Gasteiger partial charge in [-0.15, -0.1) is 0 Å². The molecule has 2 amide bonds. The lowest BCUT2D eigenvalue weighted by atomic mass is 10.0. The quantitative estimate of drug-likeness (QED) is 0.299. The Morgan fingerprint density at radius 3 is 2.56 bits per heavy atom. The Morgan fingerprint density at radius 1 is 1.18 bits per heavy atom. The molecule has 11 heteroatoms. The van der Waals surface area contributed by atoms with Crippen molar-refractivity contribution >= 4 is 38.6 Å². The minimum atomic E-state index is -3.66. The van der Waals surface area contributed by atoms with Gasteiger partial charge in [0.15, 0.2) is 0 Å². The van der Waals surface area contributed by atoms with Crippen molar-refractivity contribution in [3.05, 3.63) is 29.8 Å². The van der Waals surface area contributed by atoms with E-state index in [-0.39, 0.29) is 48.2 Å². The van der Waals surface area contributed by atoms with Crippen LogP contribution in [-0.4, -0.2) is 58.1 Å². The van der Waals surface area contributed by atoms with E-state index >= 15 is 0 Å². The third-order valence-corrected chi connectivity index (χ3v) is 5.17. The van der Waals surface area contributed by atoms with Crippen LogP contribution >= 0.6 is 0 Å². The van der Waals surface area contributed by atoms with E-state index in [1.807, 2.05) is 20.8 Å². The van der Waals surface area contributed by atoms with Gasteiger partial charge in [-0.25, -0.2) is 4.79 Å². The minimum absolute atomic E-state index is 0.0119. The van der Waals surface area contributed by atoms with E-state index in [4.69, 9.17) is 13.7 Å². The summed E-state index contributed by atoms with van der Waals surface area (Å²) in [4.78, 5) is 25.0. The molecule has 3 N–H and O–H groups in total. The van der Waals surface area contributed by atoms with Gasteiger partial charge in [0.05, 0.1) is 29.5 Å². The van der Waals surface area contributed by atoms with Gasteiger partial charge in [-0.1, -0.05) is 39.3 Å². The van der Waals surface area contributed by atoms with Crippen LogP contribution in [0, 0.1) is 5.92 Å². The maximum atomic E-state index is 12.7. The van der Waals surface area contributed by atoms with Gasteiger partial charge in [-0.2, -0.15) is 8.42 Å². The van der Waals surface area contributed by atoms with Crippen LogP contribution in [0.3, 0.4) is 0 Å². The summed E-state index contributed by atoms with van der Waals surface area (Å²) < 4.78 is 38.1. The molecule has 10 nitrogen and oxygen atoms in total. The molecule has 0 unspecified atom stereocenters. The summed E-state index contributed by atoms with van der Waals surface area (Å²) in [5.74, 6) is -0.460. The monoisotopic (exact) mass is 496 g/mol. The first-order chi connectivity index (χ1) is 16.0. The maximum Gasteiger partial charge on any atom is 0.411 e. The van der Waals surface area contributed by atoms with Gasteiger partial charge in [-0.05, 0) is 24.5 Å². The molecule has 0 aliphatic rings. The SMILES string of the molecule is CCCCNC(=O)c1cc(OCCOS(C)(=O)=O)c2c(NC(=O)OCC(C)C)cccc2c1O. The molecule has 0 aliphatic heterocycles. The van der Waals surface area contributed by atoms with Crippen LogP contribution in [0.5, 0.6) is 11.5 Å². The molecule has 0 bridgehead atoms. The first kappa shape index (κ1) is 27.2. The van der Waals surface area contributed by atoms with E-state index in [1.54, 1.807) is 18.2 Å². The molecular weight excluding hydrogens is 464 g/mol. The van der Waals surface area contributed by atoms with Crippen LogP contribution in [0.15, 0.2) is 24.3 Å². The van der Waals surface area contributed by atoms with Gasteiger partial charge < -0.3 is 19.9 Å². The van der Waals surface area contributed by atoms with Crippen molar-refractivity contribution in [1.82, 2.24) is 5.32 Å². The summed E-state index contributed by atoms with van der Waals surface area (Å²) >= 11 is 0. The zero-order valence-corrected chi connectivity index (χ0v) is 20.7. The van der Waals surface area contributed by atoms with E-state index in [0.29, 0.717) is 17.6 Å². The molecule has 188 valence electrons. The van der Waals surface area contributed by atoms with Crippen LogP contribution in [0.25, 0.3) is 10.8 Å². The molecule has 0 saturated carbocycles. The van der Waals surface area contributed by atoms with E-state index in [9.17, 15) is 23.1 Å². The highest BCUT2D eigenvalue weighted by Gasteiger charge is 2.21. The third-order valence-electron chi connectivity index (χ3n) is 4.58. The van der Waals surface area contributed by atoms with Gasteiger partial charge in [0.25, 0.3) is 16.0 Å². The number of ether oxygens (including phenoxy) is 2. The number of hydrogen-bond donors (Lipinski definition) is 3. The van der Waals surface area contributed by atoms with Crippen molar-refractivity contribution in [2.75, 3.05) is 37.9 Å². The highest BCUT2D eigenvalue weighted by Crippen LogP contribution is 2.40. The van der Waals surface area contributed by atoms with Crippen LogP contribution in [-0.2, 0) is 19.0 Å². The third kappa shape index (κ3) is 8.07. The van der Waals surface area contributed by atoms with Crippen LogP contribution in [0.4, 0.5) is 10.5 Å². The van der Waals surface area contributed by atoms with Crippen molar-refractivity contribution < 1.29 is 36.8 Å². The molecular formula is C23H32N2O8S. The molecule has 0 heterocycles. The lowest BCUT2D eigenvalue weighted by Crippen LogP contribution is -2.24. The first-order valence-corrected chi connectivity index (χ1v) is 12.8. The molecule has 2 aromatic rings. The van der Waals surface area contributed by atoms with E-state index in [0.717, 1.165) is 19.1 Å². The normalized spacial score (nSPS) is 11.4. The molecule has 2 rings (SSSR count). The number of aromatic hydroxyl groups is 1. The summed E-state index contributed by atoms with van der Waals surface area (Å²) in [7, 11) is -3.66. The second-order valence-electron chi connectivity index (χ2n) is 8.10. The smallest absolute Gasteiger partial charge is 0.411 e. The zero-order chi connectivity index (χ0) is 25.3. The number of amides is 2. The molecule has 2 aromatic carbocycles. The summed E-state index contributed by atoms with van der Waals surface area (Å²) in [6.07, 6.45) is 1.90. The van der Waals surface area contributed by atoms with Crippen molar-refractivity contribution in [3.8, 4) is 11.5 Å². The predicted octanol–water partition coefficient (Wildman–Crippen LogP) is 3.63. The Hall–Kier alpha value is -3.05. The molecule has 0 fully saturated rings. The highest BCUT2D eigenvalue weighted by molar-refractivity contribution is 7.85. The second-order valence-corrected chi connectivity index (χ2v) is 9.74. The summed E-state index contributed by atoms with van der Waals surface area (Å²) in [5.41, 5.74) is 0.278. The molecule has 34 heavy (non-hydrogen) atoms. The number of phenolic OH excluding ortho intramolecular Hbond substituents is 1. The molecule has 0 aromatic heterocycles. The minimum Gasteiger partial charge on any atom is -0.506 e. The number of anilines is 1. The standard InChI is InChI=1S/C23H32N2O8S/c1-5-6-10-24-22(27)17-13-19(31-11-12-33-34(4,29)30)20-16(21(17)26)8-7-9-18(20)25-23(28)32-14-15(2)3/h7-9,13,15,26H,5-6,10-12,14H2,1-4H3,(H,24,27)(H,25,28). The Labute approximate surface area is 199 Å². The van der Waals surface area contributed by atoms with Crippen LogP contribution in [0.1, 0.15) is 44.0 Å². The fraction of sp³-hybridized carbons (Fsp3) is 0.478. The van der Waals surface area contributed by atoms with Crippen molar-refractivity contribution in [2.24, 2.45) is 5.92 Å². The summed E-state index contributed by atoms with van der Waals surface area (Å²) in [6, 6.07) is 6.14.